The molecule has 3 rings (SSSR count). The average Bonchev–Trinajstić information content (AvgIpc) is 2.65. The van der Waals surface area contributed by atoms with Gasteiger partial charge < -0.3 is 10.6 Å². The minimum absolute atomic E-state index is 0.149. The first-order valence-electron chi connectivity index (χ1n) is 8.95. The molecule has 150 valence electrons. The lowest BCUT2D eigenvalue weighted by atomic mass is 10.2. The summed E-state index contributed by atoms with van der Waals surface area (Å²) in [6.45, 7) is 3.66. The maximum atomic E-state index is 12.9. The average molecular weight is 429 g/mol. The predicted molar refractivity (Wildman–Crippen MR) is 117 cm³/mol. The monoisotopic (exact) mass is 428 g/mol. The van der Waals surface area contributed by atoms with Gasteiger partial charge >= 0.3 is 6.03 Å². The van der Waals surface area contributed by atoms with Gasteiger partial charge in [-0.15, -0.1) is 0 Å². The summed E-state index contributed by atoms with van der Waals surface area (Å²) in [4.78, 5) is 12.5. The third-order valence-corrected chi connectivity index (χ3v) is 6.40. The molecular weight excluding hydrogens is 408 g/mol. The van der Waals surface area contributed by atoms with Crippen molar-refractivity contribution >= 4 is 38.8 Å². The summed E-state index contributed by atoms with van der Waals surface area (Å²) in [5.41, 5.74) is 3.34. The van der Waals surface area contributed by atoms with E-state index in [9.17, 15) is 13.2 Å². The zero-order chi connectivity index (χ0) is 21.0. The van der Waals surface area contributed by atoms with Gasteiger partial charge in [0.1, 0.15) is 0 Å². The van der Waals surface area contributed by atoms with Crippen LogP contribution >= 0.6 is 11.6 Å². The van der Waals surface area contributed by atoms with Gasteiger partial charge in [0.15, 0.2) is 9.84 Å². The van der Waals surface area contributed by atoms with Crippen molar-refractivity contribution in [2.24, 2.45) is 0 Å². The molecule has 2 N–H and O–H groups in total. The van der Waals surface area contributed by atoms with Crippen LogP contribution in [0.15, 0.2) is 71.6 Å². The van der Waals surface area contributed by atoms with Crippen molar-refractivity contribution in [1.29, 1.82) is 0 Å². The summed E-state index contributed by atoms with van der Waals surface area (Å²) in [6, 6.07) is 18.5. The smallest absolute Gasteiger partial charge is 0.308 e. The molecule has 0 saturated heterocycles. The van der Waals surface area contributed by atoms with Crippen LogP contribution in [0.25, 0.3) is 0 Å². The van der Waals surface area contributed by atoms with Crippen molar-refractivity contribution in [3.8, 4) is 0 Å². The Morgan fingerprint density at radius 3 is 2.21 bits per heavy atom. The number of sulfone groups is 1. The maximum Gasteiger partial charge on any atom is 0.323 e. The van der Waals surface area contributed by atoms with E-state index in [0.717, 1.165) is 5.56 Å². The number of urea groups is 1. The van der Waals surface area contributed by atoms with Gasteiger partial charge in [0.25, 0.3) is 0 Å². The molecular formula is C22H21ClN2O3S. The second-order valence-corrected chi connectivity index (χ2v) is 9.21. The number of halogens is 1. The lowest BCUT2D eigenvalue weighted by Gasteiger charge is -2.12. The molecule has 0 heterocycles. The first kappa shape index (κ1) is 20.9. The third-order valence-electron chi connectivity index (χ3n) is 4.33. The third kappa shape index (κ3) is 5.59. The Labute approximate surface area is 175 Å². The Morgan fingerprint density at radius 2 is 1.55 bits per heavy atom. The van der Waals surface area contributed by atoms with E-state index in [1.807, 2.05) is 25.1 Å². The molecule has 29 heavy (non-hydrogen) atoms. The van der Waals surface area contributed by atoms with Gasteiger partial charge in [-0.05, 0) is 66.9 Å². The quantitative estimate of drug-likeness (QED) is 0.557. The zero-order valence-corrected chi connectivity index (χ0v) is 17.6. The van der Waals surface area contributed by atoms with Gasteiger partial charge in [0.05, 0.1) is 10.6 Å². The molecule has 3 aromatic carbocycles. The highest BCUT2D eigenvalue weighted by Gasteiger charge is 2.19. The second-order valence-electron chi connectivity index (χ2n) is 6.81. The number of amides is 2. The first-order chi connectivity index (χ1) is 13.7. The molecule has 0 saturated carbocycles. The highest BCUT2D eigenvalue weighted by molar-refractivity contribution is 7.90. The number of hydrogen-bond donors (Lipinski definition) is 2. The van der Waals surface area contributed by atoms with Crippen LogP contribution in [0.2, 0.25) is 5.02 Å². The van der Waals surface area contributed by atoms with Crippen LogP contribution in [-0.4, -0.2) is 14.4 Å². The fourth-order valence-corrected chi connectivity index (χ4v) is 4.68. The van der Waals surface area contributed by atoms with Gasteiger partial charge in [-0.25, -0.2) is 13.2 Å². The number of hydrogen-bond acceptors (Lipinski definition) is 3. The SMILES string of the molecule is Cc1cccc(NC(=O)Nc2ccc(C)c(S(=O)(=O)Cc3ccc(Cl)cc3)c2)c1. The van der Waals surface area contributed by atoms with E-state index in [1.54, 1.807) is 49.4 Å². The highest BCUT2D eigenvalue weighted by atomic mass is 35.5. The Bertz CT molecular complexity index is 1140. The summed E-state index contributed by atoms with van der Waals surface area (Å²) in [7, 11) is -3.59. The van der Waals surface area contributed by atoms with Crippen LogP contribution in [0, 0.1) is 13.8 Å². The molecule has 0 aliphatic heterocycles. The minimum atomic E-state index is -3.59. The van der Waals surface area contributed by atoms with Crippen molar-refractivity contribution in [2.45, 2.75) is 24.5 Å². The Kier molecular flexibility index (Phi) is 6.25. The van der Waals surface area contributed by atoms with Crippen LogP contribution < -0.4 is 10.6 Å². The van der Waals surface area contributed by atoms with E-state index >= 15 is 0 Å². The van der Waals surface area contributed by atoms with Crippen LogP contribution in [0.5, 0.6) is 0 Å². The number of rotatable bonds is 5. The molecule has 0 spiro atoms. The summed E-state index contributed by atoms with van der Waals surface area (Å²) < 4.78 is 25.8. The van der Waals surface area contributed by atoms with E-state index in [-0.39, 0.29) is 10.6 Å². The van der Waals surface area contributed by atoms with Crippen LogP contribution in [0.3, 0.4) is 0 Å². The molecule has 0 radical (unpaired) electrons. The maximum absolute atomic E-state index is 12.9. The van der Waals surface area contributed by atoms with E-state index in [4.69, 9.17) is 11.6 Å². The van der Waals surface area contributed by atoms with Gasteiger partial charge in [-0.2, -0.15) is 0 Å². The van der Waals surface area contributed by atoms with Gasteiger partial charge in [-0.3, -0.25) is 0 Å². The highest BCUT2D eigenvalue weighted by Crippen LogP contribution is 2.24. The van der Waals surface area contributed by atoms with Crippen molar-refractivity contribution < 1.29 is 13.2 Å². The summed E-state index contributed by atoms with van der Waals surface area (Å²) in [6.07, 6.45) is 0. The number of aryl methyl sites for hydroxylation is 2. The van der Waals surface area contributed by atoms with Crippen molar-refractivity contribution in [2.75, 3.05) is 10.6 Å². The molecule has 0 fully saturated rings. The largest absolute Gasteiger partial charge is 0.323 e. The van der Waals surface area contributed by atoms with E-state index in [0.29, 0.717) is 27.5 Å². The van der Waals surface area contributed by atoms with E-state index in [2.05, 4.69) is 10.6 Å². The van der Waals surface area contributed by atoms with Crippen molar-refractivity contribution in [3.63, 3.8) is 0 Å². The molecule has 0 aliphatic rings. The Hall–Kier alpha value is -2.83. The van der Waals surface area contributed by atoms with E-state index < -0.39 is 15.9 Å². The van der Waals surface area contributed by atoms with Crippen LogP contribution in [0.1, 0.15) is 16.7 Å². The fraction of sp³-hybridized carbons (Fsp3) is 0.136. The van der Waals surface area contributed by atoms with Crippen molar-refractivity contribution in [1.82, 2.24) is 0 Å². The fourth-order valence-electron chi connectivity index (χ4n) is 2.91. The molecule has 7 heteroatoms. The molecule has 0 unspecified atom stereocenters. The standard InChI is InChI=1S/C22H21ClN2O3S/c1-15-4-3-5-19(12-15)24-22(26)25-20-11-6-16(2)21(13-20)29(27,28)14-17-7-9-18(23)10-8-17/h3-13H,14H2,1-2H3,(H2,24,25,26). The summed E-state index contributed by atoms with van der Waals surface area (Å²) >= 11 is 5.87. The molecule has 0 aliphatic carbocycles. The number of nitrogens with one attached hydrogen (secondary N) is 2. The molecule has 0 bridgehead atoms. The van der Waals surface area contributed by atoms with Crippen LogP contribution in [0.4, 0.5) is 16.2 Å². The number of carbonyl (C=O) groups excluding carboxylic acids is 1. The predicted octanol–water partition coefficient (Wildman–Crippen LogP) is 5.57. The molecule has 2 amide bonds. The lowest BCUT2D eigenvalue weighted by molar-refractivity contribution is 0.262. The summed E-state index contributed by atoms with van der Waals surface area (Å²) in [5.74, 6) is -0.149. The molecule has 3 aromatic rings. The molecule has 0 atom stereocenters. The first-order valence-corrected chi connectivity index (χ1v) is 11.0. The topological polar surface area (TPSA) is 75.3 Å². The second kappa shape index (κ2) is 8.68. The summed E-state index contributed by atoms with van der Waals surface area (Å²) in [5, 5.41) is 5.98. The van der Waals surface area contributed by atoms with E-state index in [1.165, 1.54) is 6.07 Å². The van der Waals surface area contributed by atoms with Gasteiger partial charge in [-0.1, -0.05) is 41.9 Å². The molecule has 5 nitrogen and oxygen atoms in total. The van der Waals surface area contributed by atoms with Crippen LogP contribution in [-0.2, 0) is 15.6 Å². The van der Waals surface area contributed by atoms with Crippen molar-refractivity contribution in [3.05, 3.63) is 88.4 Å². The van der Waals surface area contributed by atoms with Gasteiger partial charge in [0, 0.05) is 16.4 Å². The Balaban J connectivity index is 1.78. The number of anilines is 2. The number of carbonyl (C=O) groups is 1. The molecule has 0 aromatic heterocycles. The lowest BCUT2D eigenvalue weighted by Crippen LogP contribution is -2.19. The normalized spacial score (nSPS) is 11.1. The zero-order valence-electron chi connectivity index (χ0n) is 16.1. The number of benzene rings is 3. The minimum Gasteiger partial charge on any atom is -0.308 e. The Morgan fingerprint density at radius 1 is 0.897 bits per heavy atom. The van der Waals surface area contributed by atoms with Gasteiger partial charge in [0.2, 0.25) is 0 Å².